The molecule has 0 aliphatic rings. The average molecular weight is 371 g/mol. The van der Waals surface area contributed by atoms with Crippen LogP contribution in [0.25, 0.3) is 10.9 Å². The summed E-state index contributed by atoms with van der Waals surface area (Å²) >= 11 is 0. The molecule has 3 aromatic carbocycles. The number of aryl methyl sites for hydroxylation is 2. The molecule has 4 nitrogen and oxygen atoms in total. The topological polar surface area (TPSA) is 46.7 Å². The molecule has 0 saturated heterocycles. The van der Waals surface area contributed by atoms with Crippen molar-refractivity contribution in [3.8, 4) is 0 Å². The van der Waals surface area contributed by atoms with Gasteiger partial charge in [0.25, 0.3) is 0 Å². The Morgan fingerprint density at radius 3 is 2.29 bits per heavy atom. The maximum Gasteiger partial charge on any atom is 0.211 e. The molecule has 5 heteroatoms. The molecule has 0 amide bonds. The second-order valence-corrected chi connectivity index (χ2v) is 6.64. The van der Waals surface area contributed by atoms with Gasteiger partial charge >= 0.3 is 0 Å². The SMILES string of the molecule is Cc1ccc(N=Nc2c(C(=O)c3ccc(F)cc3)n(C)c3ccccc23)cc1. The molecule has 0 atom stereocenters. The van der Waals surface area contributed by atoms with Gasteiger partial charge in [0.2, 0.25) is 5.78 Å². The Morgan fingerprint density at radius 2 is 1.57 bits per heavy atom. The van der Waals surface area contributed by atoms with Gasteiger partial charge in [-0.3, -0.25) is 4.79 Å². The summed E-state index contributed by atoms with van der Waals surface area (Å²) in [7, 11) is 1.82. The molecule has 0 aliphatic carbocycles. The summed E-state index contributed by atoms with van der Waals surface area (Å²) in [6.45, 7) is 2.01. The number of rotatable bonds is 4. The fraction of sp³-hybridized carbons (Fsp3) is 0.0870. The lowest BCUT2D eigenvalue weighted by atomic mass is 10.1. The average Bonchev–Trinajstić information content (AvgIpc) is 3.00. The van der Waals surface area contributed by atoms with Crippen LogP contribution >= 0.6 is 0 Å². The molecular formula is C23H18FN3O. The monoisotopic (exact) mass is 371 g/mol. The highest BCUT2D eigenvalue weighted by Gasteiger charge is 2.22. The lowest BCUT2D eigenvalue weighted by Crippen LogP contribution is -2.07. The van der Waals surface area contributed by atoms with Gasteiger partial charge in [-0.2, -0.15) is 5.11 Å². The first-order chi connectivity index (χ1) is 13.5. The zero-order chi connectivity index (χ0) is 19.7. The Labute approximate surface area is 162 Å². The van der Waals surface area contributed by atoms with Gasteiger partial charge in [0.1, 0.15) is 17.2 Å². The third kappa shape index (κ3) is 3.22. The van der Waals surface area contributed by atoms with Crippen molar-refractivity contribution in [3.05, 3.63) is 95.4 Å². The normalized spacial score (nSPS) is 11.4. The molecule has 4 aromatic rings. The number of carbonyl (C=O) groups excluding carboxylic acids is 1. The van der Waals surface area contributed by atoms with Crippen LogP contribution in [0.4, 0.5) is 15.8 Å². The lowest BCUT2D eigenvalue weighted by Gasteiger charge is -2.05. The van der Waals surface area contributed by atoms with Crippen molar-refractivity contribution in [3.63, 3.8) is 0 Å². The van der Waals surface area contributed by atoms with Gasteiger partial charge in [-0.25, -0.2) is 4.39 Å². The Balaban J connectivity index is 1.86. The number of nitrogens with zero attached hydrogens (tertiary/aromatic N) is 3. The van der Waals surface area contributed by atoms with E-state index in [-0.39, 0.29) is 11.6 Å². The number of para-hydroxylation sites is 1. The number of aromatic nitrogens is 1. The van der Waals surface area contributed by atoms with Crippen LogP contribution < -0.4 is 0 Å². The predicted molar refractivity (Wildman–Crippen MR) is 108 cm³/mol. The maximum atomic E-state index is 13.3. The second-order valence-electron chi connectivity index (χ2n) is 6.64. The van der Waals surface area contributed by atoms with Gasteiger partial charge in [-0.1, -0.05) is 35.9 Å². The van der Waals surface area contributed by atoms with Gasteiger partial charge in [0.05, 0.1) is 11.2 Å². The number of halogens is 1. The zero-order valence-electron chi connectivity index (χ0n) is 15.6. The van der Waals surface area contributed by atoms with Gasteiger partial charge in [-0.15, -0.1) is 5.11 Å². The van der Waals surface area contributed by atoms with Crippen LogP contribution in [0, 0.1) is 12.7 Å². The van der Waals surface area contributed by atoms with E-state index in [0.29, 0.717) is 22.6 Å². The van der Waals surface area contributed by atoms with E-state index < -0.39 is 0 Å². The summed E-state index contributed by atoms with van der Waals surface area (Å²) in [4.78, 5) is 13.2. The van der Waals surface area contributed by atoms with Crippen molar-refractivity contribution in [1.29, 1.82) is 0 Å². The van der Waals surface area contributed by atoms with Crippen LogP contribution in [0.3, 0.4) is 0 Å². The van der Waals surface area contributed by atoms with E-state index >= 15 is 0 Å². The zero-order valence-corrected chi connectivity index (χ0v) is 15.6. The number of azo groups is 1. The highest BCUT2D eigenvalue weighted by Crippen LogP contribution is 2.35. The predicted octanol–water partition coefficient (Wildman–Crippen LogP) is 6.27. The molecular weight excluding hydrogens is 353 g/mol. The highest BCUT2D eigenvalue weighted by molar-refractivity contribution is 6.15. The van der Waals surface area contributed by atoms with E-state index in [4.69, 9.17) is 0 Å². The number of fused-ring (bicyclic) bond motifs is 1. The quantitative estimate of drug-likeness (QED) is 0.308. The Kier molecular flexibility index (Phi) is 4.57. The first kappa shape index (κ1) is 17.8. The summed E-state index contributed by atoms with van der Waals surface area (Å²) in [5.41, 5.74) is 4.05. The second kappa shape index (κ2) is 7.19. The van der Waals surface area contributed by atoms with Crippen LogP contribution in [0.5, 0.6) is 0 Å². The van der Waals surface area contributed by atoms with E-state index in [9.17, 15) is 9.18 Å². The summed E-state index contributed by atoms with van der Waals surface area (Å²) in [5.74, 6) is -0.607. The van der Waals surface area contributed by atoms with Gasteiger partial charge < -0.3 is 4.57 Å². The number of hydrogen-bond donors (Lipinski definition) is 0. The number of ketones is 1. The van der Waals surface area contributed by atoms with Gasteiger partial charge in [0, 0.05) is 18.0 Å². The van der Waals surface area contributed by atoms with E-state index in [1.54, 1.807) is 0 Å². The maximum absolute atomic E-state index is 13.3. The Hall–Kier alpha value is -3.60. The number of carbonyl (C=O) groups is 1. The van der Waals surface area contributed by atoms with E-state index in [1.165, 1.54) is 24.3 Å². The fourth-order valence-corrected chi connectivity index (χ4v) is 3.19. The van der Waals surface area contributed by atoms with Crippen LogP contribution in [0.15, 0.2) is 83.0 Å². The van der Waals surface area contributed by atoms with Crippen molar-refractivity contribution < 1.29 is 9.18 Å². The molecule has 0 fully saturated rings. The number of hydrogen-bond acceptors (Lipinski definition) is 3. The number of benzene rings is 3. The molecule has 0 saturated carbocycles. The smallest absolute Gasteiger partial charge is 0.211 e. The molecule has 1 aromatic heterocycles. The fourth-order valence-electron chi connectivity index (χ4n) is 3.19. The molecule has 1 heterocycles. The molecule has 4 rings (SSSR count). The van der Waals surface area contributed by atoms with Crippen LogP contribution in [0.1, 0.15) is 21.6 Å². The highest BCUT2D eigenvalue weighted by atomic mass is 19.1. The van der Waals surface area contributed by atoms with Crippen molar-refractivity contribution in [2.75, 3.05) is 0 Å². The Bertz CT molecular complexity index is 1190. The van der Waals surface area contributed by atoms with Crippen molar-refractivity contribution in [1.82, 2.24) is 4.57 Å². The lowest BCUT2D eigenvalue weighted by molar-refractivity contribution is 0.103. The standard InChI is InChI=1S/C23H18FN3O/c1-15-7-13-18(14-8-15)25-26-21-19-5-3-4-6-20(19)27(2)22(21)23(28)16-9-11-17(24)12-10-16/h3-14H,1-2H3. The summed E-state index contributed by atoms with van der Waals surface area (Å²) in [6.07, 6.45) is 0. The van der Waals surface area contributed by atoms with E-state index in [0.717, 1.165) is 16.5 Å². The molecule has 0 bridgehead atoms. The van der Waals surface area contributed by atoms with Crippen LogP contribution in [-0.2, 0) is 7.05 Å². The molecule has 0 N–H and O–H groups in total. The van der Waals surface area contributed by atoms with Crippen molar-refractivity contribution >= 4 is 28.1 Å². The Morgan fingerprint density at radius 1 is 0.893 bits per heavy atom. The van der Waals surface area contributed by atoms with Crippen LogP contribution in [-0.4, -0.2) is 10.4 Å². The summed E-state index contributed by atoms with van der Waals surface area (Å²) in [6, 6.07) is 20.9. The molecule has 0 unspecified atom stereocenters. The van der Waals surface area contributed by atoms with Crippen molar-refractivity contribution in [2.24, 2.45) is 17.3 Å². The first-order valence-electron chi connectivity index (χ1n) is 8.90. The molecule has 0 spiro atoms. The largest absolute Gasteiger partial charge is 0.339 e. The molecule has 0 aliphatic heterocycles. The third-order valence-corrected chi connectivity index (χ3v) is 4.70. The van der Waals surface area contributed by atoms with Gasteiger partial charge in [-0.05, 0) is 49.4 Å². The minimum atomic E-state index is -0.382. The minimum absolute atomic E-state index is 0.225. The third-order valence-electron chi connectivity index (χ3n) is 4.70. The van der Waals surface area contributed by atoms with Gasteiger partial charge in [0.15, 0.2) is 0 Å². The van der Waals surface area contributed by atoms with E-state index in [1.807, 2.05) is 67.1 Å². The summed E-state index contributed by atoms with van der Waals surface area (Å²) in [5, 5.41) is 9.60. The summed E-state index contributed by atoms with van der Waals surface area (Å²) < 4.78 is 15.1. The molecule has 28 heavy (non-hydrogen) atoms. The molecule has 0 radical (unpaired) electrons. The minimum Gasteiger partial charge on any atom is -0.339 e. The molecule has 138 valence electrons. The van der Waals surface area contributed by atoms with Crippen LogP contribution in [0.2, 0.25) is 0 Å². The van der Waals surface area contributed by atoms with E-state index in [2.05, 4.69) is 10.2 Å². The first-order valence-corrected chi connectivity index (χ1v) is 8.90. The van der Waals surface area contributed by atoms with Crippen molar-refractivity contribution in [2.45, 2.75) is 6.92 Å².